The molecule has 21 heavy (non-hydrogen) atoms. The van der Waals surface area contributed by atoms with Crippen LogP contribution in [0.15, 0.2) is 42.6 Å². The van der Waals surface area contributed by atoms with Crippen molar-refractivity contribution in [2.24, 2.45) is 0 Å². The molecule has 3 rings (SSSR count). The van der Waals surface area contributed by atoms with E-state index in [-0.39, 0.29) is 0 Å². The summed E-state index contributed by atoms with van der Waals surface area (Å²) >= 11 is 0. The van der Waals surface area contributed by atoms with Gasteiger partial charge in [0.15, 0.2) is 0 Å². The molecule has 0 aliphatic heterocycles. The number of pyridine rings is 1. The number of para-hydroxylation sites is 1. The third kappa shape index (κ3) is 3.25. The molecule has 5 nitrogen and oxygen atoms in total. The average Bonchev–Trinajstić information content (AvgIpc) is 2.93. The van der Waals surface area contributed by atoms with E-state index in [4.69, 9.17) is 0 Å². The Balaban J connectivity index is 1.70. The van der Waals surface area contributed by atoms with E-state index >= 15 is 0 Å². The lowest BCUT2D eigenvalue weighted by Gasteiger charge is -2.05. The second-order valence-corrected chi connectivity index (χ2v) is 5.07. The van der Waals surface area contributed by atoms with E-state index in [9.17, 15) is 0 Å². The van der Waals surface area contributed by atoms with Crippen molar-refractivity contribution in [2.75, 3.05) is 6.54 Å². The Morgan fingerprint density at radius 2 is 2.05 bits per heavy atom. The van der Waals surface area contributed by atoms with Crippen LogP contribution in [0.2, 0.25) is 0 Å². The summed E-state index contributed by atoms with van der Waals surface area (Å²) in [7, 11) is 0. The van der Waals surface area contributed by atoms with E-state index in [1.54, 1.807) is 0 Å². The van der Waals surface area contributed by atoms with Gasteiger partial charge < -0.3 is 5.32 Å². The first-order valence-corrected chi connectivity index (χ1v) is 7.29. The molecule has 5 heteroatoms. The van der Waals surface area contributed by atoms with Gasteiger partial charge in [-0.3, -0.25) is 4.98 Å². The van der Waals surface area contributed by atoms with Gasteiger partial charge in [-0.15, -0.1) is 5.10 Å². The summed E-state index contributed by atoms with van der Waals surface area (Å²) in [5, 5.41) is 11.7. The lowest BCUT2D eigenvalue weighted by molar-refractivity contribution is 0.653. The van der Waals surface area contributed by atoms with E-state index in [2.05, 4.69) is 39.7 Å². The first-order valence-electron chi connectivity index (χ1n) is 7.29. The monoisotopic (exact) mass is 281 g/mol. The van der Waals surface area contributed by atoms with E-state index < -0.39 is 0 Å². The van der Waals surface area contributed by atoms with Crippen LogP contribution in [-0.2, 0) is 13.1 Å². The number of aromatic nitrogens is 4. The van der Waals surface area contributed by atoms with Crippen LogP contribution in [0, 0.1) is 0 Å². The summed E-state index contributed by atoms with van der Waals surface area (Å²) in [6.07, 6.45) is 3.07. The normalized spacial score (nSPS) is 11.1. The molecule has 0 bridgehead atoms. The smallest absolute Gasteiger partial charge is 0.113 e. The van der Waals surface area contributed by atoms with Gasteiger partial charge in [0, 0.05) is 12.7 Å². The summed E-state index contributed by atoms with van der Waals surface area (Å²) in [6, 6.07) is 12.1. The van der Waals surface area contributed by atoms with Crippen LogP contribution < -0.4 is 5.32 Å². The average molecular weight is 281 g/mol. The molecule has 0 atom stereocenters. The summed E-state index contributed by atoms with van der Waals surface area (Å²) in [5.74, 6) is 0. The van der Waals surface area contributed by atoms with Crippen molar-refractivity contribution in [1.82, 2.24) is 25.3 Å². The Labute approximate surface area is 124 Å². The second kappa shape index (κ2) is 6.45. The van der Waals surface area contributed by atoms with Crippen LogP contribution in [0.1, 0.15) is 24.6 Å². The Bertz CT molecular complexity index is 702. The van der Waals surface area contributed by atoms with Crippen LogP contribution in [-0.4, -0.2) is 26.5 Å². The molecule has 0 fully saturated rings. The van der Waals surface area contributed by atoms with Crippen molar-refractivity contribution in [3.05, 3.63) is 53.9 Å². The third-order valence-corrected chi connectivity index (χ3v) is 3.37. The lowest BCUT2D eigenvalue weighted by Crippen LogP contribution is -2.14. The van der Waals surface area contributed by atoms with Crippen molar-refractivity contribution < 1.29 is 0 Å². The Kier molecular flexibility index (Phi) is 4.21. The van der Waals surface area contributed by atoms with Crippen LogP contribution in [0.4, 0.5) is 0 Å². The number of hydrogen-bond donors (Lipinski definition) is 1. The van der Waals surface area contributed by atoms with E-state index in [1.807, 2.05) is 35.1 Å². The molecule has 0 aliphatic rings. The number of nitrogens with zero attached hydrogens (tertiary/aromatic N) is 4. The molecule has 1 N–H and O–H groups in total. The minimum Gasteiger partial charge on any atom is -0.313 e. The van der Waals surface area contributed by atoms with Crippen LogP contribution >= 0.6 is 0 Å². The first-order chi connectivity index (χ1) is 10.4. The lowest BCUT2D eigenvalue weighted by atomic mass is 10.2. The molecule has 2 aromatic heterocycles. The van der Waals surface area contributed by atoms with Gasteiger partial charge in [0.25, 0.3) is 0 Å². The molecule has 108 valence electrons. The number of benzene rings is 1. The molecule has 0 spiro atoms. The van der Waals surface area contributed by atoms with Gasteiger partial charge in [0.05, 0.1) is 17.8 Å². The van der Waals surface area contributed by atoms with Crippen molar-refractivity contribution in [1.29, 1.82) is 0 Å². The number of fused-ring (bicyclic) bond motifs is 1. The highest BCUT2D eigenvalue weighted by molar-refractivity contribution is 5.73. The maximum absolute atomic E-state index is 4.51. The van der Waals surface area contributed by atoms with Crippen LogP contribution in [0.3, 0.4) is 0 Å². The van der Waals surface area contributed by atoms with E-state index in [1.165, 1.54) is 5.56 Å². The molecule has 0 unspecified atom stereocenters. The SMILES string of the molecule is CCCNCc1ccc(Cn2nnc3ccccc32)nc1. The molecular weight excluding hydrogens is 262 g/mol. The van der Waals surface area contributed by atoms with Crippen molar-refractivity contribution >= 4 is 11.0 Å². The molecule has 3 aromatic rings. The molecule has 0 amide bonds. The number of rotatable bonds is 6. The second-order valence-electron chi connectivity index (χ2n) is 5.07. The predicted octanol–water partition coefficient (Wildman–Crippen LogP) is 2.37. The van der Waals surface area contributed by atoms with Gasteiger partial charge in [0.2, 0.25) is 0 Å². The Hall–Kier alpha value is -2.27. The fourth-order valence-corrected chi connectivity index (χ4v) is 2.25. The molecule has 0 saturated heterocycles. The number of hydrogen-bond acceptors (Lipinski definition) is 4. The van der Waals surface area contributed by atoms with Crippen molar-refractivity contribution in [3.8, 4) is 0 Å². The Morgan fingerprint density at radius 1 is 1.14 bits per heavy atom. The topological polar surface area (TPSA) is 55.6 Å². The van der Waals surface area contributed by atoms with Gasteiger partial charge in [0.1, 0.15) is 5.52 Å². The van der Waals surface area contributed by atoms with Gasteiger partial charge in [-0.05, 0) is 36.7 Å². The molecular formula is C16H19N5. The molecule has 0 radical (unpaired) electrons. The quantitative estimate of drug-likeness (QED) is 0.705. The minimum atomic E-state index is 0.642. The largest absolute Gasteiger partial charge is 0.313 e. The summed E-state index contributed by atoms with van der Waals surface area (Å²) in [4.78, 5) is 4.51. The molecule has 1 aromatic carbocycles. The maximum Gasteiger partial charge on any atom is 0.113 e. The van der Waals surface area contributed by atoms with E-state index in [0.29, 0.717) is 6.54 Å². The van der Waals surface area contributed by atoms with Crippen molar-refractivity contribution in [2.45, 2.75) is 26.4 Å². The zero-order valence-electron chi connectivity index (χ0n) is 12.2. The summed E-state index contributed by atoms with van der Waals surface area (Å²) in [5.41, 5.74) is 4.14. The van der Waals surface area contributed by atoms with Crippen LogP contribution in [0.25, 0.3) is 11.0 Å². The zero-order chi connectivity index (χ0) is 14.5. The molecule has 2 heterocycles. The summed E-state index contributed by atoms with van der Waals surface area (Å²) in [6.45, 7) is 4.71. The third-order valence-electron chi connectivity index (χ3n) is 3.37. The first kappa shape index (κ1) is 13.7. The van der Waals surface area contributed by atoms with Crippen LogP contribution in [0.5, 0.6) is 0 Å². The summed E-state index contributed by atoms with van der Waals surface area (Å²) < 4.78 is 1.88. The Morgan fingerprint density at radius 3 is 2.86 bits per heavy atom. The predicted molar refractivity (Wildman–Crippen MR) is 82.9 cm³/mol. The van der Waals surface area contributed by atoms with Gasteiger partial charge in [-0.2, -0.15) is 0 Å². The molecule has 0 aliphatic carbocycles. The van der Waals surface area contributed by atoms with Gasteiger partial charge in [-0.25, -0.2) is 4.68 Å². The minimum absolute atomic E-state index is 0.642. The standard InChI is InChI=1S/C16H19N5/c1-2-9-17-10-13-7-8-14(18-11-13)12-21-16-6-4-3-5-15(16)19-20-21/h3-8,11,17H,2,9-10,12H2,1H3. The van der Waals surface area contributed by atoms with Gasteiger partial charge >= 0.3 is 0 Å². The molecule has 0 saturated carbocycles. The number of nitrogens with one attached hydrogen (secondary N) is 1. The highest BCUT2D eigenvalue weighted by Gasteiger charge is 2.04. The zero-order valence-corrected chi connectivity index (χ0v) is 12.2. The van der Waals surface area contributed by atoms with E-state index in [0.717, 1.165) is 36.2 Å². The van der Waals surface area contributed by atoms with Gasteiger partial charge in [-0.1, -0.05) is 30.3 Å². The highest BCUT2D eigenvalue weighted by atomic mass is 15.4. The van der Waals surface area contributed by atoms with Crippen molar-refractivity contribution in [3.63, 3.8) is 0 Å². The fraction of sp³-hybridized carbons (Fsp3) is 0.312. The highest BCUT2D eigenvalue weighted by Crippen LogP contribution is 2.11. The fourth-order valence-electron chi connectivity index (χ4n) is 2.25. The maximum atomic E-state index is 4.51.